The molecule has 4 rings (SSSR count). The fourth-order valence-corrected chi connectivity index (χ4v) is 4.83. The Bertz CT molecular complexity index is 1310. The van der Waals surface area contributed by atoms with Crippen molar-refractivity contribution in [3.63, 3.8) is 0 Å². The van der Waals surface area contributed by atoms with Gasteiger partial charge < -0.3 is 19.5 Å². The number of halogens is 3. The molecule has 1 aromatic heterocycles. The van der Waals surface area contributed by atoms with E-state index in [9.17, 15) is 4.79 Å². The molecule has 9 nitrogen and oxygen atoms in total. The number of nitrogens with one attached hydrogen (secondary N) is 1. The fourth-order valence-electron chi connectivity index (χ4n) is 3.79. The number of benzene rings is 2. The molecule has 1 aliphatic heterocycles. The van der Waals surface area contributed by atoms with Crippen LogP contribution in [0.25, 0.3) is 0 Å². The molecule has 0 fully saturated rings. The molecular weight excluding hydrogens is 573 g/mol. The van der Waals surface area contributed by atoms with Gasteiger partial charge in [-0.1, -0.05) is 41.3 Å². The summed E-state index contributed by atoms with van der Waals surface area (Å²) < 4.78 is 19.7. The predicted octanol–water partition coefficient (Wildman–Crippen LogP) is 5.96. The normalized spacial score (nSPS) is 14.8. The standard InChI is InChI=1S/C24H24BrCl2N5O4/c1-4-8-35-23(33)20-13(3)28-24-29-30-31-32(24)21(20)15-9-17(25)22(19(10-15)34-5-2)36-12-14-6-7-16(26)11-18(14)27/h6-7,9-11,21H,4-5,8,12H2,1-3H3,(H,28,29,31). The summed E-state index contributed by atoms with van der Waals surface area (Å²) in [5.41, 5.74) is 2.49. The number of carbonyl (C=O) groups is 1. The minimum atomic E-state index is -0.643. The highest BCUT2D eigenvalue weighted by atomic mass is 79.9. The number of rotatable bonds is 9. The number of fused-ring (bicyclic) bond motifs is 1. The number of carbonyl (C=O) groups excluding carboxylic acids is 1. The highest BCUT2D eigenvalue weighted by Gasteiger charge is 2.36. The Hall–Kier alpha value is -2.82. The summed E-state index contributed by atoms with van der Waals surface area (Å²) in [5, 5.41) is 16.1. The monoisotopic (exact) mass is 595 g/mol. The second kappa shape index (κ2) is 11.5. The molecule has 190 valence electrons. The molecule has 2 aromatic carbocycles. The van der Waals surface area contributed by atoms with Gasteiger partial charge in [-0.3, -0.25) is 0 Å². The quantitative estimate of drug-likeness (QED) is 0.302. The van der Waals surface area contributed by atoms with Crippen molar-refractivity contribution in [1.82, 2.24) is 20.2 Å². The summed E-state index contributed by atoms with van der Waals surface area (Å²) in [6, 6.07) is 8.25. The number of ether oxygens (including phenoxy) is 3. The van der Waals surface area contributed by atoms with Crippen LogP contribution in [0.4, 0.5) is 5.95 Å². The van der Waals surface area contributed by atoms with Crippen LogP contribution in [0.5, 0.6) is 11.5 Å². The average Bonchev–Trinajstić information content (AvgIpc) is 3.30. The molecule has 0 saturated carbocycles. The second-order valence-corrected chi connectivity index (χ2v) is 9.63. The lowest BCUT2D eigenvalue weighted by Gasteiger charge is -2.28. The van der Waals surface area contributed by atoms with Crippen molar-refractivity contribution in [3.8, 4) is 11.5 Å². The third-order valence-electron chi connectivity index (χ3n) is 5.41. The molecule has 36 heavy (non-hydrogen) atoms. The SMILES string of the molecule is CCCOC(=O)C1=C(C)Nc2nnnn2C1c1cc(Br)c(OCc2ccc(Cl)cc2Cl)c(OCC)c1. The molecule has 1 unspecified atom stereocenters. The lowest BCUT2D eigenvalue weighted by Crippen LogP contribution is -2.30. The minimum Gasteiger partial charge on any atom is -0.490 e. The molecule has 0 amide bonds. The molecular formula is C24H24BrCl2N5O4. The van der Waals surface area contributed by atoms with Gasteiger partial charge in [0.25, 0.3) is 0 Å². The van der Waals surface area contributed by atoms with Gasteiger partial charge in [0.15, 0.2) is 11.5 Å². The van der Waals surface area contributed by atoms with E-state index in [0.717, 1.165) is 5.56 Å². The van der Waals surface area contributed by atoms with Crippen LogP contribution in [0.2, 0.25) is 10.0 Å². The first kappa shape index (κ1) is 26.2. The van der Waals surface area contributed by atoms with Crippen LogP contribution in [-0.4, -0.2) is 39.4 Å². The maximum atomic E-state index is 13.1. The van der Waals surface area contributed by atoms with Gasteiger partial charge in [-0.15, -0.1) is 0 Å². The van der Waals surface area contributed by atoms with Crippen molar-refractivity contribution >= 4 is 51.0 Å². The summed E-state index contributed by atoms with van der Waals surface area (Å²) in [5.74, 6) is 0.948. The van der Waals surface area contributed by atoms with Crippen LogP contribution in [0, 0.1) is 0 Å². The second-order valence-electron chi connectivity index (χ2n) is 7.94. The van der Waals surface area contributed by atoms with Crippen molar-refractivity contribution in [3.05, 3.63) is 67.2 Å². The van der Waals surface area contributed by atoms with Crippen LogP contribution in [0.15, 0.2) is 46.1 Å². The lowest BCUT2D eigenvalue weighted by atomic mass is 9.95. The predicted molar refractivity (Wildman–Crippen MR) is 140 cm³/mol. The number of hydrogen-bond donors (Lipinski definition) is 1. The van der Waals surface area contributed by atoms with E-state index in [2.05, 4.69) is 36.8 Å². The van der Waals surface area contributed by atoms with Crippen LogP contribution >= 0.6 is 39.1 Å². The van der Waals surface area contributed by atoms with Gasteiger partial charge in [0.2, 0.25) is 5.95 Å². The Labute approximate surface area is 226 Å². The number of esters is 1. The zero-order chi connectivity index (χ0) is 25.8. The van der Waals surface area contributed by atoms with Crippen LogP contribution in [0.3, 0.4) is 0 Å². The summed E-state index contributed by atoms with van der Waals surface area (Å²) in [6.07, 6.45) is 0.704. The van der Waals surface area contributed by atoms with Gasteiger partial charge in [0, 0.05) is 21.3 Å². The number of aromatic nitrogens is 4. The van der Waals surface area contributed by atoms with Crippen LogP contribution in [0.1, 0.15) is 44.4 Å². The number of allylic oxidation sites excluding steroid dienone is 1. The highest BCUT2D eigenvalue weighted by molar-refractivity contribution is 9.10. The third-order valence-corrected chi connectivity index (χ3v) is 6.58. The molecule has 1 N–H and O–H groups in total. The molecule has 0 radical (unpaired) electrons. The number of tetrazole rings is 1. The van der Waals surface area contributed by atoms with Crippen molar-refractivity contribution in [2.75, 3.05) is 18.5 Å². The lowest BCUT2D eigenvalue weighted by molar-refractivity contribution is -0.139. The van der Waals surface area contributed by atoms with E-state index < -0.39 is 12.0 Å². The molecule has 12 heteroatoms. The zero-order valence-electron chi connectivity index (χ0n) is 19.8. The molecule has 0 bridgehead atoms. The number of nitrogens with zero attached hydrogens (tertiary/aromatic N) is 4. The van der Waals surface area contributed by atoms with Gasteiger partial charge in [0.1, 0.15) is 12.6 Å². The maximum Gasteiger partial charge on any atom is 0.338 e. The zero-order valence-corrected chi connectivity index (χ0v) is 22.9. The summed E-state index contributed by atoms with van der Waals surface area (Å²) >= 11 is 15.9. The first-order valence-electron chi connectivity index (χ1n) is 11.3. The molecule has 1 atom stereocenters. The van der Waals surface area contributed by atoms with Crippen molar-refractivity contribution in [1.29, 1.82) is 0 Å². The average molecular weight is 597 g/mol. The van der Waals surface area contributed by atoms with Crippen LogP contribution < -0.4 is 14.8 Å². The minimum absolute atomic E-state index is 0.201. The number of hydrogen-bond acceptors (Lipinski definition) is 8. The van der Waals surface area contributed by atoms with E-state index in [1.165, 1.54) is 0 Å². The first-order valence-corrected chi connectivity index (χ1v) is 12.8. The maximum absolute atomic E-state index is 13.1. The molecule has 2 heterocycles. The van der Waals surface area contributed by atoms with E-state index in [1.54, 1.807) is 23.7 Å². The number of anilines is 1. The van der Waals surface area contributed by atoms with Gasteiger partial charge in [-0.2, -0.15) is 4.68 Å². The largest absolute Gasteiger partial charge is 0.490 e. The van der Waals surface area contributed by atoms with E-state index in [-0.39, 0.29) is 6.61 Å². The third kappa shape index (κ3) is 5.45. The molecule has 1 aliphatic rings. The van der Waals surface area contributed by atoms with Crippen LogP contribution in [-0.2, 0) is 16.1 Å². The highest BCUT2D eigenvalue weighted by Crippen LogP contribution is 2.43. The van der Waals surface area contributed by atoms with Gasteiger partial charge in [-0.25, -0.2) is 4.79 Å². The molecule has 0 aliphatic carbocycles. The van der Waals surface area contributed by atoms with Crippen molar-refractivity contribution in [2.45, 2.75) is 39.8 Å². The van der Waals surface area contributed by atoms with Gasteiger partial charge in [0.05, 0.1) is 23.3 Å². The smallest absolute Gasteiger partial charge is 0.338 e. The summed E-state index contributed by atoms with van der Waals surface area (Å²) in [6.45, 7) is 6.51. The van der Waals surface area contributed by atoms with E-state index >= 15 is 0 Å². The Morgan fingerprint density at radius 3 is 2.72 bits per heavy atom. The van der Waals surface area contributed by atoms with Gasteiger partial charge in [-0.05, 0) is 76.5 Å². The summed E-state index contributed by atoms with van der Waals surface area (Å²) in [4.78, 5) is 13.1. The molecule has 3 aromatic rings. The molecule has 0 spiro atoms. The van der Waals surface area contributed by atoms with Gasteiger partial charge >= 0.3 is 5.97 Å². The van der Waals surface area contributed by atoms with Crippen molar-refractivity contribution < 1.29 is 19.0 Å². The Kier molecular flexibility index (Phi) is 8.38. The first-order chi connectivity index (χ1) is 17.3. The van der Waals surface area contributed by atoms with E-state index in [1.807, 2.05) is 32.0 Å². The Morgan fingerprint density at radius 1 is 1.19 bits per heavy atom. The summed E-state index contributed by atoms with van der Waals surface area (Å²) in [7, 11) is 0. The molecule has 0 saturated heterocycles. The Morgan fingerprint density at radius 2 is 2.00 bits per heavy atom. The fraction of sp³-hybridized carbons (Fsp3) is 0.333. The topological polar surface area (TPSA) is 100 Å². The van der Waals surface area contributed by atoms with Crippen molar-refractivity contribution in [2.24, 2.45) is 0 Å². The van der Waals surface area contributed by atoms with E-state index in [4.69, 9.17) is 37.4 Å². The van der Waals surface area contributed by atoms with E-state index in [0.29, 0.717) is 68.4 Å². The Balaban J connectivity index is 1.74.